The maximum atomic E-state index is 12.0. The van der Waals surface area contributed by atoms with Crippen molar-refractivity contribution in [2.24, 2.45) is 7.05 Å². The SMILES string of the molecule is CCc1cc(=O)n(C)c(SCCCC(=O)NC2CCCCC2)n1. The highest BCUT2D eigenvalue weighted by Crippen LogP contribution is 2.18. The van der Waals surface area contributed by atoms with Crippen molar-refractivity contribution in [1.82, 2.24) is 14.9 Å². The van der Waals surface area contributed by atoms with Gasteiger partial charge in [-0.2, -0.15) is 0 Å². The van der Waals surface area contributed by atoms with E-state index in [0.29, 0.717) is 12.5 Å². The summed E-state index contributed by atoms with van der Waals surface area (Å²) in [4.78, 5) is 28.3. The lowest BCUT2D eigenvalue weighted by molar-refractivity contribution is -0.122. The van der Waals surface area contributed by atoms with Gasteiger partial charge in [-0.3, -0.25) is 14.2 Å². The molecule has 1 saturated carbocycles. The Labute approximate surface area is 142 Å². The van der Waals surface area contributed by atoms with E-state index >= 15 is 0 Å². The number of nitrogens with zero attached hydrogens (tertiary/aromatic N) is 2. The molecule has 1 heterocycles. The van der Waals surface area contributed by atoms with E-state index in [4.69, 9.17) is 0 Å². The van der Waals surface area contributed by atoms with Gasteiger partial charge in [0.2, 0.25) is 5.91 Å². The highest BCUT2D eigenvalue weighted by molar-refractivity contribution is 7.99. The van der Waals surface area contributed by atoms with Crippen LogP contribution in [0.3, 0.4) is 0 Å². The Morgan fingerprint density at radius 3 is 2.83 bits per heavy atom. The number of carbonyl (C=O) groups is 1. The lowest BCUT2D eigenvalue weighted by Crippen LogP contribution is -2.36. The molecule has 0 radical (unpaired) electrons. The Kier molecular flexibility index (Phi) is 7.15. The van der Waals surface area contributed by atoms with Crippen LogP contribution in [0.2, 0.25) is 0 Å². The van der Waals surface area contributed by atoms with Crippen molar-refractivity contribution in [1.29, 1.82) is 0 Å². The first-order valence-corrected chi connectivity index (χ1v) is 9.58. The Morgan fingerprint density at radius 2 is 2.13 bits per heavy atom. The van der Waals surface area contributed by atoms with Crippen molar-refractivity contribution < 1.29 is 4.79 Å². The van der Waals surface area contributed by atoms with Gasteiger partial charge >= 0.3 is 0 Å². The summed E-state index contributed by atoms with van der Waals surface area (Å²) in [5, 5.41) is 3.88. The Balaban J connectivity index is 1.73. The third-order valence-corrected chi connectivity index (χ3v) is 5.37. The fourth-order valence-corrected chi connectivity index (χ4v) is 3.75. The van der Waals surface area contributed by atoms with Crippen molar-refractivity contribution >= 4 is 17.7 Å². The molecule has 1 aliphatic rings. The number of hydrogen-bond donors (Lipinski definition) is 1. The number of amides is 1. The molecule has 1 fully saturated rings. The fraction of sp³-hybridized carbons (Fsp3) is 0.706. The molecule has 2 rings (SSSR count). The molecular weight excluding hydrogens is 310 g/mol. The predicted molar refractivity (Wildman–Crippen MR) is 93.8 cm³/mol. The summed E-state index contributed by atoms with van der Waals surface area (Å²) in [5.74, 6) is 0.951. The Bertz CT molecular complexity index is 580. The second kappa shape index (κ2) is 9.11. The third-order valence-electron chi connectivity index (χ3n) is 4.26. The van der Waals surface area contributed by atoms with Crippen LogP contribution < -0.4 is 10.9 Å². The summed E-state index contributed by atoms with van der Waals surface area (Å²) in [6, 6.07) is 1.97. The molecule has 0 unspecified atom stereocenters. The van der Waals surface area contributed by atoms with Gasteiger partial charge in [-0.1, -0.05) is 37.9 Å². The largest absolute Gasteiger partial charge is 0.353 e. The Morgan fingerprint density at radius 1 is 1.39 bits per heavy atom. The zero-order valence-corrected chi connectivity index (χ0v) is 15.0. The van der Waals surface area contributed by atoms with Crippen LogP contribution in [0.5, 0.6) is 0 Å². The van der Waals surface area contributed by atoms with Crippen LogP contribution in [-0.2, 0) is 18.3 Å². The van der Waals surface area contributed by atoms with Crippen LogP contribution >= 0.6 is 11.8 Å². The van der Waals surface area contributed by atoms with Gasteiger partial charge in [0.1, 0.15) is 0 Å². The maximum absolute atomic E-state index is 12.0. The number of hydrogen-bond acceptors (Lipinski definition) is 4. The molecule has 6 heteroatoms. The van der Waals surface area contributed by atoms with Gasteiger partial charge in [0, 0.05) is 37.0 Å². The summed E-state index contributed by atoms with van der Waals surface area (Å²) in [5.41, 5.74) is 0.806. The van der Waals surface area contributed by atoms with Gasteiger partial charge < -0.3 is 5.32 Å². The summed E-state index contributed by atoms with van der Waals surface area (Å²) in [7, 11) is 1.74. The summed E-state index contributed by atoms with van der Waals surface area (Å²) < 4.78 is 1.58. The summed E-state index contributed by atoms with van der Waals surface area (Å²) in [6.07, 6.45) is 8.11. The fourth-order valence-electron chi connectivity index (χ4n) is 2.82. The van der Waals surface area contributed by atoms with Gasteiger partial charge in [-0.25, -0.2) is 4.98 Å². The topological polar surface area (TPSA) is 64.0 Å². The maximum Gasteiger partial charge on any atom is 0.254 e. The summed E-state index contributed by atoms with van der Waals surface area (Å²) >= 11 is 1.55. The van der Waals surface area contributed by atoms with E-state index in [2.05, 4.69) is 10.3 Å². The third kappa shape index (κ3) is 5.68. The number of aryl methyl sites for hydroxylation is 1. The molecule has 0 aliphatic heterocycles. The van der Waals surface area contributed by atoms with Crippen LogP contribution in [0.1, 0.15) is 57.6 Å². The minimum absolute atomic E-state index is 0.0191. The van der Waals surface area contributed by atoms with E-state index in [1.165, 1.54) is 19.3 Å². The number of nitrogens with one attached hydrogen (secondary N) is 1. The van der Waals surface area contributed by atoms with Crippen molar-refractivity contribution in [2.45, 2.75) is 69.5 Å². The molecule has 5 nitrogen and oxygen atoms in total. The highest BCUT2D eigenvalue weighted by Gasteiger charge is 2.15. The molecule has 0 atom stereocenters. The smallest absolute Gasteiger partial charge is 0.254 e. The first-order valence-electron chi connectivity index (χ1n) is 8.59. The van der Waals surface area contributed by atoms with Crippen LogP contribution in [0.25, 0.3) is 0 Å². The number of thioether (sulfide) groups is 1. The van der Waals surface area contributed by atoms with Crippen molar-refractivity contribution in [3.63, 3.8) is 0 Å². The number of carbonyl (C=O) groups excluding carboxylic acids is 1. The molecular formula is C17H27N3O2S. The number of rotatable bonds is 7. The normalized spacial score (nSPS) is 15.6. The molecule has 0 spiro atoms. The van der Waals surface area contributed by atoms with Crippen molar-refractivity contribution in [3.05, 3.63) is 22.1 Å². The minimum Gasteiger partial charge on any atom is -0.353 e. The van der Waals surface area contributed by atoms with Gasteiger partial charge in [-0.05, 0) is 25.7 Å². The molecule has 1 aromatic heterocycles. The molecule has 128 valence electrons. The monoisotopic (exact) mass is 337 g/mol. The lowest BCUT2D eigenvalue weighted by Gasteiger charge is -2.22. The van der Waals surface area contributed by atoms with E-state index < -0.39 is 0 Å². The predicted octanol–water partition coefficient (Wildman–Crippen LogP) is 2.66. The molecule has 0 aromatic carbocycles. The van der Waals surface area contributed by atoms with Crippen LogP contribution in [0, 0.1) is 0 Å². The standard InChI is InChI=1S/C17H27N3O2S/c1-3-13-12-16(22)20(2)17(19-13)23-11-7-10-15(21)18-14-8-5-4-6-9-14/h12,14H,3-11H2,1-2H3,(H,18,21). The quantitative estimate of drug-likeness (QED) is 0.472. The van der Waals surface area contributed by atoms with Crippen LogP contribution in [0.4, 0.5) is 0 Å². The van der Waals surface area contributed by atoms with Gasteiger partial charge in [0.15, 0.2) is 5.16 Å². The second-order valence-electron chi connectivity index (χ2n) is 6.14. The average molecular weight is 337 g/mol. The van der Waals surface area contributed by atoms with Crippen LogP contribution in [-0.4, -0.2) is 27.3 Å². The molecule has 1 N–H and O–H groups in total. The molecule has 1 amide bonds. The first-order chi connectivity index (χ1) is 11.1. The molecule has 1 aromatic rings. The van der Waals surface area contributed by atoms with Crippen molar-refractivity contribution in [2.75, 3.05) is 5.75 Å². The van der Waals surface area contributed by atoms with Crippen LogP contribution in [0.15, 0.2) is 16.0 Å². The number of aromatic nitrogens is 2. The van der Waals surface area contributed by atoms with E-state index in [0.717, 1.165) is 42.3 Å². The second-order valence-corrected chi connectivity index (χ2v) is 7.20. The van der Waals surface area contributed by atoms with Gasteiger partial charge in [-0.15, -0.1) is 0 Å². The zero-order valence-electron chi connectivity index (χ0n) is 14.1. The molecule has 1 aliphatic carbocycles. The molecule has 23 heavy (non-hydrogen) atoms. The van der Waals surface area contributed by atoms with Crippen molar-refractivity contribution in [3.8, 4) is 0 Å². The molecule has 0 saturated heterocycles. The lowest BCUT2D eigenvalue weighted by atomic mass is 9.95. The summed E-state index contributed by atoms with van der Waals surface area (Å²) in [6.45, 7) is 1.99. The highest BCUT2D eigenvalue weighted by atomic mass is 32.2. The molecule has 0 bridgehead atoms. The van der Waals surface area contributed by atoms with Gasteiger partial charge in [0.05, 0.1) is 0 Å². The minimum atomic E-state index is -0.0191. The van der Waals surface area contributed by atoms with Gasteiger partial charge in [0.25, 0.3) is 5.56 Å². The van der Waals surface area contributed by atoms with E-state index in [9.17, 15) is 9.59 Å². The zero-order chi connectivity index (χ0) is 16.7. The van der Waals surface area contributed by atoms with E-state index in [1.54, 1.807) is 29.4 Å². The van der Waals surface area contributed by atoms with E-state index in [1.807, 2.05) is 6.92 Å². The first kappa shape index (κ1) is 18.0. The average Bonchev–Trinajstić information content (AvgIpc) is 2.56. The van der Waals surface area contributed by atoms with E-state index in [-0.39, 0.29) is 11.5 Å². The Hall–Kier alpha value is -1.30.